The van der Waals surface area contributed by atoms with Gasteiger partial charge in [-0.05, 0) is 32.8 Å². The van der Waals surface area contributed by atoms with Crippen LogP contribution in [0.1, 0.15) is 40.5 Å². The predicted octanol–water partition coefficient (Wildman–Crippen LogP) is 0.986. The van der Waals surface area contributed by atoms with Gasteiger partial charge in [0.15, 0.2) is 0 Å². The SMILES string of the molecule is CCN(CC)C(=O)C1CCN(C(=O)Cn2cc(S(=O)(=O)N(CC)CC)ccc2=O)CC1. The number of nitrogens with zero attached hydrogens (tertiary/aromatic N) is 4. The molecule has 2 heterocycles. The van der Waals surface area contributed by atoms with Crippen LogP contribution < -0.4 is 5.56 Å². The highest BCUT2D eigenvalue weighted by atomic mass is 32.2. The second kappa shape index (κ2) is 10.9. The lowest BCUT2D eigenvalue weighted by Gasteiger charge is -2.33. The maximum atomic E-state index is 12.8. The maximum absolute atomic E-state index is 12.8. The lowest BCUT2D eigenvalue weighted by molar-refractivity contribution is -0.140. The molecule has 1 aromatic rings. The summed E-state index contributed by atoms with van der Waals surface area (Å²) in [6.07, 6.45) is 2.42. The third-order valence-corrected chi connectivity index (χ3v) is 7.91. The summed E-state index contributed by atoms with van der Waals surface area (Å²) in [5.41, 5.74) is -0.432. The average molecular weight is 455 g/mol. The van der Waals surface area contributed by atoms with Crippen LogP contribution in [0.3, 0.4) is 0 Å². The number of piperidine rings is 1. The van der Waals surface area contributed by atoms with Crippen LogP contribution in [-0.2, 0) is 26.2 Å². The number of carbonyl (C=O) groups excluding carboxylic acids is 2. The van der Waals surface area contributed by atoms with Crippen molar-refractivity contribution >= 4 is 21.8 Å². The number of amides is 2. The average Bonchev–Trinajstić information content (AvgIpc) is 2.76. The number of likely N-dealkylation sites (tertiary alicyclic amines) is 1. The first kappa shape index (κ1) is 25.1. The van der Waals surface area contributed by atoms with Crippen molar-refractivity contribution in [3.63, 3.8) is 0 Å². The van der Waals surface area contributed by atoms with Gasteiger partial charge in [0.25, 0.3) is 5.56 Å². The summed E-state index contributed by atoms with van der Waals surface area (Å²) in [5, 5.41) is 0. The Kier molecular flexibility index (Phi) is 8.81. The second-order valence-corrected chi connectivity index (χ2v) is 9.52. The molecule has 0 spiro atoms. The van der Waals surface area contributed by atoms with Gasteiger partial charge in [0, 0.05) is 57.4 Å². The topological polar surface area (TPSA) is 100 Å². The molecule has 0 aromatic carbocycles. The van der Waals surface area contributed by atoms with Crippen molar-refractivity contribution in [3.8, 4) is 0 Å². The molecule has 0 atom stereocenters. The fourth-order valence-electron chi connectivity index (χ4n) is 3.91. The van der Waals surface area contributed by atoms with Gasteiger partial charge in [-0.15, -0.1) is 0 Å². The third-order valence-electron chi connectivity index (χ3n) is 5.88. The molecule has 0 bridgehead atoms. The molecule has 0 unspecified atom stereocenters. The van der Waals surface area contributed by atoms with Crippen LogP contribution in [0, 0.1) is 5.92 Å². The molecule has 2 amide bonds. The molecule has 0 radical (unpaired) electrons. The Bertz CT molecular complexity index is 927. The van der Waals surface area contributed by atoms with Crippen molar-refractivity contribution in [1.82, 2.24) is 18.7 Å². The minimum Gasteiger partial charge on any atom is -0.343 e. The summed E-state index contributed by atoms with van der Waals surface area (Å²) in [6, 6.07) is 2.46. The molecule has 9 nitrogen and oxygen atoms in total. The van der Waals surface area contributed by atoms with Crippen molar-refractivity contribution in [2.75, 3.05) is 39.3 Å². The summed E-state index contributed by atoms with van der Waals surface area (Å²) in [6.45, 7) is 10.0. The van der Waals surface area contributed by atoms with E-state index >= 15 is 0 Å². The van der Waals surface area contributed by atoms with E-state index in [2.05, 4.69) is 0 Å². The number of rotatable bonds is 9. The van der Waals surface area contributed by atoms with Gasteiger partial charge in [-0.1, -0.05) is 13.8 Å². The molecule has 10 heteroatoms. The summed E-state index contributed by atoms with van der Waals surface area (Å²) in [7, 11) is -3.72. The van der Waals surface area contributed by atoms with E-state index in [-0.39, 0.29) is 29.2 Å². The molecular weight excluding hydrogens is 420 g/mol. The number of carbonyl (C=O) groups is 2. The van der Waals surface area contributed by atoms with Gasteiger partial charge in [-0.3, -0.25) is 14.4 Å². The van der Waals surface area contributed by atoms with E-state index in [9.17, 15) is 22.8 Å². The monoisotopic (exact) mass is 454 g/mol. The molecule has 31 heavy (non-hydrogen) atoms. The zero-order chi connectivity index (χ0) is 23.2. The molecule has 174 valence electrons. The Balaban J connectivity index is 2.08. The largest absolute Gasteiger partial charge is 0.343 e. The highest BCUT2D eigenvalue weighted by Gasteiger charge is 2.30. The van der Waals surface area contributed by atoms with Gasteiger partial charge in [-0.25, -0.2) is 8.42 Å². The highest BCUT2D eigenvalue weighted by Crippen LogP contribution is 2.20. The minimum atomic E-state index is -3.72. The van der Waals surface area contributed by atoms with Crippen molar-refractivity contribution in [3.05, 3.63) is 28.7 Å². The van der Waals surface area contributed by atoms with E-state index < -0.39 is 15.6 Å². The van der Waals surface area contributed by atoms with Crippen molar-refractivity contribution in [2.45, 2.75) is 52.0 Å². The Labute approximate surface area is 184 Å². The Morgan fingerprint density at radius 3 is 2.10 bits per heavy atom. The fourth-order valence-corrected chi connectivity index (χ4v) is 5.39. The Morgan fingerprint density at radius 1 is 1.00 bits per heavy atom. The number of aromatic nitrogens is 1. The van der Waals surface area contributed by atoms with Crippen molar-refractivity contribution in [1.29, 1.82) is 0 Å². The van der Waals surface area contributed by atoms with Gasteiger partial charge >= 0.3 is 0 Å². The van der Waals surface area contributed by atoms with E-state index in [0.717, 1.165) is 4.57 Å². The summed E-state index contributed by atoms with van der Waals surface area (Å²) in [4.78, 5) is 41.0. The lowest BCUT2D eigenvalue weighted by Crippen LogP contribution is -2.45. The molecule has 1 fully saturated rings. The van der Waals surface area contributed by atoms with Crippen LogP contribution >= 0.6 is 0 Å². The van der Waals surface area contributed by atoms with E-state index in [1.165, 1.54) is 22.6 Å². The predicted molar refractivity (Wildman–Crippen MR) is 118 cm³/mol. The normalized spacial score (nSPS) is 15.3. The van der Waals surface area contributed by atoms with Gasteiger partial charge in [0.05, 0.1) is 4.90 Å². The van der Waals surface area contributed by atoms with E-state index in [0.29, 0.717) is 52.1 Å². The van der Waals surface area contributed by atoms with Gasteiger partial charge in [0.2, 0.25) is 21.8 Å². The van der Waals surface area contributed by atoms with Crippen LogP contribution in [0.4, 0.5) is 0 Å². The first-order chi connectivity index (χ1) is 14.7. The fraction of sp³-hybridized carbons (Fsp3) is 0.667. The Morgan fingerprint density at radius 2 is 1.58 bits per heavy atom. The zero-order valence-corrected chi connectivity index (χ0v) is 19.7. The zero-order valence-electron chi connectivity index (χ0n) is 18.9. The number of sulfonamides is 1. The molecule has 2 rings (SSSR count). The molecular formula is C21H34N4O5S. The molecule has 1 aromatic heterocycles. The van der Waals surface area contributed by atoms with Gasteiger partial charge in [-0.2, -0.15) is 4.31 Å². The summed E-state index contributed by atoms with van der Waals surface area (Å²) >= 11 is 0. The van der Waals surface area contributed by atoms with E-state index in [1.54, 1.807) is 18.7 Å². The lowest BCUT2D eigenvalue weighted by atomic mass is 9.95. The van der Waals surface area contributed by atoms with Crippen LogP contribution in [0.15, 0.2) is 28.0 Å². The van der Waals surface area contributed by atoms with Gasteiger partial charge in [0.1, 0.15) is 6.54 Å². The molecule has 1 aliphatic rings. The maximum Gasteiger partial charge on any atom is 0.251 e. The summed E-state index contributed by atoms with van der Waals surface area (Å²) < 4.78 is 27.9. The number of pyridine rings is 1. The Hall–Kier alpha value is -2.20. The molecule has 1 saturated heterocycles. The van der Waals surface area contributed by atoms with Crippen LogP contribution in [0.25, 0.3) is 0 Å². The number of hydrogen-bond donors (Lipinski definition) is 0. The molecule has 0 aliphatic carbocycles. The molecule has 0 N–H and O–H groups in total. The summed E-state index contributed by atoms with van der Waals surface area (Å²) in [5.74, 6) is -0.218. The minimum absolute atomic E-state index is 0.00729. The molecule has 1 aliphatic heterocycles. The van der Waals surface area contributed by atoms with Crippen molar-refractivity contribution in [2.24, 2.45) is 5.92 Å². The second-order valence-electron chi connectivity index (χ2n) is 7.59. The number of hydrogen-bond acceptors (Lipinski definition) is 5. The smallest absolute Gasteiger partial charge is 0.251 e. The molecule has 0 saturated carbocycles. The first-order valence-corrected chi connectivity index (χ1v) is 12.4. The van der Waals surface area contributed by atoms with Crippen LogP contribution in [-0.4, -0.2) is 78.2 Å². The standard InChI is InChI=1S/C21H34N4O5S/c1-5-22(6-2)21(28)17-11-13-23(14-12-17)20(27)16-24-15-18(9-10-19(24)26)31(29,30)25(7-3)8-4/h9-10,15,17H,5-8,11-14,16H2,1-4H3. The quantitative estimate of drug-likeness (QED) is 0.554. The van der Waals surface area contributed by atoms with Crippen molar-refractivity contribution < 1.29 is 18.0 Å². The van der Waals surface area contributed by atoms with Crippen LogP contribution in [0.2, 0.25) is 0 Å². The van der Waals surface area contributed by atoms with E-state index in [4.69, 9.17) is 0 Å². The van der Waals surface area contributed by atoms with Gasteiger partial charge < -0.3 is 14.4 Å². The third kappa shape index (κ3) is 5.74. The first-order valence-electron chi connectivity index (χ1n) is 11.0. The highest BCUT2D eigenvalue weighted by molar-refractivity contribution is 7.89. The van der Waals surface area contributed by atoms with E-state index in [1.807, 2.05) is 18.7 Å². The van der Waals surface area contributed by atoms with Crippen LogP contribution in [0.5, 0.6) is 0 Å².